The molecule has 15 heavy (non-hydrogen) atoms. The van der Waals surface area contributed by atoms with Gasteiger partial charge in [0.2, 0.25) is 0 Å². The van der Waals surface area contributed by atoms with Crippen molar-refractivity contribution in [2.45, 2.75) is 38.8 Å². The molecule has 1 atom stereocenters. The Balaban J connectivity index is 1.76. The van der Waals surface area contributed by atoms with Gasteiger partial charge in [0.25, 0.3) is 0 Å². The lowest BCUT2D eigenvalue weighted by atomic mass is 10.1. The number of hydrogen-bond donors (Lipinski definition) is 1. The third kappa shape index (κ3) is 3.61. The smallest absolute Gasteiger partial charge is 0.183 e. The molecule has 0 radical (unpaired) electrons. The molecule has 1 aliphatic carbocycles. The quantitative estimate of drug-likeness (QED) is 0.876. The summed E-state index contributed by atoms with van der Waals surface area (Å²) >= 11 is 6.74. The van der Waals surface area contributed by atoms with Gasteiger partial charge < -0.3 is 9.73 Å². The Morgan fingerprint density at radius 3 is 2.80 bits per heavy atom. The summed E-state index contributed by atoms with van der Waals surface area (Å²) in [5, 5.41) is 3.48. The van der Waals surface area contributed by atoms with Crippen LogP contribution >= 0.6 is 31.9 Å². The van der Waals surface area contributed by atoms with Gasteiger partial charge in [-0.2, -0.15) is 0 Å². The maximum atomic E-state index is 5.49. The molecule has 4 heteroatoms. The van der Waals surface area contributed by atoms with Gasteiger partial charge in [-0.3, -0.25) is 0 Å². The van der Waals surface area contributed by atoms with E-state index in [1.165, 1.54) is 19.3 Å². The van der Waals surface area contributed by atoms with Crippen LogP contribution in [0.1, 0.15) is 31.9 Å². The van der Waals surface area contributed by atoms with Crippen molar-refractivity contribution in [3.05, 3.63) is 21.0 Å². The van der Waals surface area contributed by atoms with Crippen molar-refractivity contribution < 1.29 is 4.42 Å². The molecule has 0 spiro atoms. The third-order valence-corrected chi connectivity index (χ3v) is 4.41. The van der Waals surface area contributed by atoms with Crippen LogP contribution in [0.25, 0.3) is 0 Å². The molecule has 1 aromatic rings. The Morgan fingerprint density at radius 2 is 2.27 bits per heavy atom. The van der Waals surface area contributed by atoms with E-state index in [2.05, 4.69) is 44.1 Å². The van der Waals surface area contributed by atoms with E-state index in [9.17, 15) is 0 Å². The second-order valence-corrected chi connectivity index (χ2v) is 5.87. The summed E-state index contributed by atoms with van der Waals surface area (Å²) in [4.78, 5) is 0. The van der Waals surface area contributed by atoms with E-state index in [4.69, 9.17) is 4.42 Å². The van der Waals surface area contributed by atoms with E-state index in [1.807, 2.05) is 6.07 Å². The van der Waals surface area contributed by atoms with Gasteiger partial charge in [0, 0.05) is 6.04 Å². The zero-order valence-electron chi connectivity index (χ0n) is 8.72. The van der Waals surface area contributed by atoms with Crippen LogP contribution < -0.4 is 5.32 Å². The van der Waals surface area contributed by atoms with Crippen molar-refractivity contribution in [3.8, 4) is 0 Å². The molecule has 1 heterocycles. The minimum atomic E-state index is 0.583. The fourth-order valence-electron chi connectivity index (χ4n) is 1.69. The largest absolute Gasteiger partial charge is 0.452 e. The van der Waals surface area contributed by atoms with Crippen molar-refractivity contribution in [2.24, 2.45) is 5.92 Å². The number of nitrogens with one attached hydrogen (secondary N) is 1. The second kappa shape index (κ2) is 5.02. The summed E-state index contributed by atoms with van der Waals surface area (Å²) in [7, 11) is 0. The normalized spacial score (nSPS) is 18.1. The van der Waals surface area contributed by atoms with Gasteiger partial charge in [-0.15, -0.1) is 0 Å². The van der Waals surface area contributed by atoms with Gasteiger partial charge >= 0.3 is 0 Å². The first-order valence-corrected chi connectivity index (χ1v) is 6.91. The van der Waals surface area contributed by atoms with Crippen molar-refractivity contribution in [3.63, 3.8) is 0 Å². The van der Waals surface area contributed by atoms with Gasteiger partial charge in [0.05, 0.1) is 11.0 Å². The van der Waals surface area contributed by atoms with Crippen molar-refractivity contribution >= 4 is 31.9 Å². The molecular weight excluding hydrogens is 322 g/mol. The summed E-state index contributed by atoms with van der Waals surface area (Å²) in [5.74, 6) is 1.94. The van der Waals surface area contributed by atoms with Crippen LogP contribution in [0.15, 0.2) is 19.6 Å². The monoisotopic (exact) mass is 335 g/mol. The van der Waals surface area contributed by atoms with Gasteiger partial charge in [0.15, 0.2) is 4.67 Å². The average Bonchev–Trinajstić information content (AvgIpc) is 2.92. The molecule has 1 fully saturated rings. The molecular formula is C11H15Br2NO. The molecule has 0 bridgehead atoms. The van der Waals surface area contributed by atoms with E-state index in [-0.39, 0.29) is 0 Å². The Hall–Kier alpha value is 0.200. The zero-order valence-corrected chi connectivity index (χ0v) is 11.9. The molecule has 1 N–H and O–H groups in total. The fourth-order valence-corrected chi connectivity index (χ4v) is 2.35. The highest BCUT2D eigenvalue weighted by Crippen LogP contribution is 2.33. The Kier molecular flexibility index (Phi) is 3.91. The third-order valence-electron chi connectivity index (χ3n) is 2.70. The van der Waals surface area contributed by atoms with Crippen molar-refractivity contribution in [1.29, 1.82) is 0 Å². The highest BCUT2D eigenvalue weighted by atomic mass is 79.9. The lowest BCUT2D eigenvalue weighted by Gasteiger charge is -2.11. The van der Waals surface area contributed by atoms with Crippen LogP contribution in [0, 0.1) is 5.92 Å². The zero-order chi connectivity index (χ0) is 10.8. The molecule has 0 aliphatic heterocycles. The maximum Gasteiger partial charge on any atom is 0.183 e. The predicted octanol–water partition coefficient (Wildman–Crippen LogP) is 4.08. The number of halogens is 2. The van der Waals surface area contributed by atoms with Crippen LogP contribution in [0.3, 0.4) is 0 Å². The van der Waals surface area contributed by atoms with E-state index >= 15 is 0 Å². The molecule has 0 saturated heterocycles. The lowest BCUT2D eigenvalue weighted by molar-refractivity contribution is 0.424. The van der Waals surface area contributed by atoms with Gasteiger partial charge in [0.1, 0.15) is 5.76 Å². The van der Waals surface area contributed by atoms with Crippen LogP contribution in [0.5, 0.6) is 0 Å². The number of furan rings is 1. The molecule has 2 nitrogen and oxygen atoms in total. The van der Waals surface area contributed by atoms with E-state index < -0.39 is 0 Å². The van der Waals surface area contributed by atoms with E-state index in [0.29, 0.717) is 6.04 Å². The topological polar surface area (TPSA) is 25.2 Å². The van der Waals surface area contributed by atoms with Crippen molar-refractivity contribution in [2.75, 3.05) is 0 Å². The predicted molar refractivity (Wildman–Crippen MR) is 67.8 cm³/mol. The van der Waals surface area contributed by atoms with Gasteiger partial charge in [-0.05, 0) is 57.2 Å². The molecule has 1 aliphatic rings. The van der Waals surface area contributed by atoms with E-state index in [0.717, 1.165) is 27.4 Å². The Morgan fingerprint density at radius 1 is 1.53 bits per heavy atom. The standard InChI is InChI=1S/C11H15Br2NO/c1-7(4-8-2-3-8)14-6-9-5-10(12)11(13)15-9/h5,7-8,14H,2-4,6H2,1H3. The SMILES string of the molecule is CC(CC1CC1)NCc1cc(Br)c(Br)o1. The van der Waals surface area contributed by atoms with Gasteiger partial charge in [-0.1, -0.05) is 12.8 Å². The van der Waals surface area contributed by atoms with Crippen LogP contribution in [0.2, 0.25) is 0 Å². The van der Waals surface area contributed by atoms with Gasteiger partial charge in [-0.25, -0.2) is 0 Å². The minimum Gasteiger partial charge on any atom is -0.452 e. The molecule has 0 amide bonds. The molecule has 1 saturated carbocycles. The Labute approximate surface area is 107 Å². The average molecular weight is 337 g/mol. The first kappa shape index (κ1) is 11.7. The lowest BCUT2D eigenvalue weighted by Crippen LogP contribution is -2.25. The summed E-state index contributed by atoms with van der Waals surface area (Å²) in [5.41, 5.74) is 0. The van der Waals surface area contributed by atoms with Crippen LogP contribution in [-0.4, -0.2) is 6.04 Å². The molecule has 0 aromatic carbocycles. The highest BCUT2D eigenvalue weighted by molar-refractivity contribution is 9.13. The summed E-state index contributed by atoms with van der Waals surface area (Å²) in [6.45, 7) is 3.05. The fraction of sp³-hybridized carbons (Fsp3) is 0.636. The first-order chi connectivity index (χ1) is 7.15. The van der Waals surface area contributed by atoms with Crippen LogP contribution in [0.4, 0.5) is 0 Å². The van der Waals surface area contributed by atoms with Crippen molar-refractivity contribution in [1.82, 2.24) is 5.32 Å². The number of hydrogen-bond acceptors (Lipinski definition) is 2. The maximum absolute atomic E-state index is 5.49. The molecule has 2 rings (SSSR count). The Bertz CT molecular complexity index is 314. The highest BCUT2D eigenvalue weighted by Gasteiger charge is 2.23. The molecule has 1 aromatic heterocycles. The summed E-state index contributed by atoms with van der Waals surface area (Å²) in [6, 6.07) is 2.58. The molecule has 84 valence electrons. The minimum absolute atomic E-state index is 0.583. The number of rotatable bonds is 5. The van der Waals surface area contributed by atoms with E-state index in [1.54, 1.807) is 0 Å². The van der Waals surface area contributed by atoms with Crippen LogP contribution in [-0.2, 0) is 6.54 Å². The first-order valence-electron chi connectivity index (χ1n) is 5.32. The second-order valence-electron chi connectivity index (χ2n) is 4.30. The summed E-state index contributed by atoms with van der Waals surface area (Å²) in [6.07, 6.45) is 4.14. The molecule has 1 unspecified atom stereocenters. The summed E-state index contributed by atoms with van der Waals surface area (Å²) < 4.78 is 7.25.